The fourth-order valence-electron chi connectivity index (χ4n) is 1.94. The van der Waals surface area contributed by atoms with E-state index in [1.54, 1.807) is 19.1 Å². The molecule has 0 radical (unpaired) electrons. The first-order valence-electron chi connectivity index (χ1n) is 7.25. The minimum atomic E-state index is -0.444. The lowest BCUT2D eigenvalue weighted by Crippen LogP contribution is -2.23. The van der Waals surface area contributed by atoms with Crippen LogP contribution in [-0.2, 0) is 4.79 Å². The van der Waals surface area contributed by atoms with E-state index in [0.717, 1.165) is 0 Å². The minimum Gasteiger partial charge on any atom is -0.484 e. The second-order valence-corrected chi connectivity index (χ2v) is 5.26. The highest BCUT2D eigenvalue weighted by molar-refractivity contribution is 6.34. The van der Waals surface area contributed by atoms with Crippen LogP contribution in [0.25, 0.3) is 0 Å². The number of amides is 2. The summed E-state index contributed by atoms with van der Waals surface area (Å²) in [5, 5.41) is 5.46. The van der Waals surface area contributed by atoms with Crippen LogP contribution in [-0.4, -0.2) is 25.0 Å². The van der Waals surface area contributed by atoms with E-state index in [-0.39, 0.29) is 23.3 Å². The number of anilines is 1. The van der Waals surface area contributed by atoms with E-state index < -0.39 is 11.7 Å². The van der Waals surface area contributed by atoms with Crippen LogP contribution in [0.2, 0.25) is 5.02 Å². The molecule has 0 heterocycles. The number of carbonyl (C=O) groups excluding carboxylic acids is 2. The molecule has 0 bridgehead atoms. The van der Waals surface area contributed by atoms with E-state index in [1.165, 1.54) is 30.3 Å². The Morgan fingerprint density at radius 2 is 2.00 bits per heavy atom. The number of hydrogen-bond acceptors (Lipinski definition) is 3. The van der Waals surface area contributed by atoms with E-state index in [1.807, 2.05) is 0 Å². The maximum absolute atomic E-state index is 13.0. The molecule has 0 aliphatic heterocycles. The molecular formula is C17H16ClFN2O3. The van der Waals surface area contributed by atoms with Crippen molar-refractivity contribution >= 4 is 29.1 Å². The third-order valence-electron chi connectivity index (χ3n) is 3.00. The Morgan fingerprint density at radius 3 is 2.67 bits per heavy atom. The molecule has 0 fully saturated rings. The van der Waals surface area contributed by atoms with Crippen LogP contribution < -0.4 is 15.4 Å². The average molecular weight is 351 g/mol. The van der Waals surface area contributed by atoms with Crippen molar-refractivity contribution in [2.75, 3.05) is 18.5 Å². The third kappa shape index (κ3) is 4.96. The first kappa shape index (κ1) is 17.7. The van der Waals surface area contributed by atoms with Crippen molar-refractivity contribution in [1.29, 1.82) is 0 Å². The van der Waals surface area contributed by atoms with Crippen LogP contribution in [0.5, 0.6) is 5.75 Å². The Balaban J connectivity index is 1.94. The predicted octanol–water partition coefficient (Wildman–Crippen LogP) is 3.25. The lowest BCUT2D eigenvalue weighted by Gasteiger charge is -2.10. The van der Waals surface area contributed by atoms with E-state index in [9.17, 15) is 14.0 Å². The highest BCUT2D eigenvalue weighted by Crippen LogP contribution is 2.21. The van der Waals surface area contributed by atoms with Crippen LogP contribution in [0, 0.1) is 5.82 Å². The van der Waals surface area contributed by atoms with Crippen LogP contribution in [0.4, 0.5) is 10.1 Å². The smallest absolute Gasteiger partial charge is 0.262 e. The Labute approximate surface area is 143 Å². The standard InChI is InChI=1S/C17H16ClFN2O3/c1-2-20-17(23)14-7-6-12(9-15(14)18)21-16(22)10-24-13-5-3-4-11(19)8-13/h3-9H,2,10H2,1H3,(H,20,23)(H,21,22). The predicted molar refractivity (Wildman–Crippen MR) is 90.0 cm³/mol. The number of benzene rings is 2. The Kier molecular flexibility index (Phi) is 6.14. The summed E-state index contributed by atoms with van der Waals surface area (Å²) in [4.78, 5) is 23.6. The van der Waals surface area contributed by atoms with Gasteiger partial charge in [0.15, 0.2) is 6.61 Å². The average Bonchev–Trinajstić information content (AvgIpc) is 2.53. The van der Waals surface area contributed by atoms with Gasteiger partial charge in [-0.3, -0.25) is 9.59 Å². The molecule has 5 nitrogen and oxygen atoms in total. The fourth-order valence-corrected chi connectivity index (χ4v) is 2.20. The molecule has 2 amide bonds. The van der Waals surface area contributed by atoms with Gasteiger partial charge in [0.2, 0.25) is 0 Å². The zero-order chi connectivity index (χ0) is 17.5. The van der Waals surface area contributed by atoms with Gasteiger partial charge in [0.1, 0.15) is 11.6 Å². The molecule has 0 spiro atoms. The van der Waals surface area contributed by atoms with Crippen molar-refractivity contribution < 1.29 is 18.7 Å². The van der Waals surface area contributed by atoms with Crippen molar-refractivity contribution in [2.24, 2.45) is 0 Å². The monoisotopic (exact) mass is 350 g/mol. The van der Waals surface area contributed by atoms with Gasteiger partial charge in [-0.2, -0.15) is 0 Å². The zero-order valence-electron chi connectivity index (χ0n) is 12.9. The van der Waals surface area contributed by atoms with Crippen molar-refractivity contribution in [1.82, 2.24) is 5.32 Å². The number of carbonyl (C=O) groups is 2. The van der Waals surface area contributed by atoms with Gasteiger partial charge in [0.25, 0.3) is 11.8 Å². The summed E-state index contributed by atoms with van der Waals surface area (Å²) in [5.41, 5.74) is 0.758. The molecule has 7 heteroatoms. The van der Waals surface area contributed by atoms with Gasteiger partial charge in [0.05, 0.1) is 10.6 Å². The van der Waals surface area contributed by atoms with Crippen LogP contribution in [0.3, 0.4) is 0 Å². The summed E-state index contributed by atoms with van der Waals surface area (Å²) in [5.74, 6) is -0.897. The summed E-state index contributed by atoms with van der Waals surface area (Å²) in [6.07, 6.45) is 0. The Hall–Kier alpha value is -2.60. The maximum Gasteiger partial charge on any atom is 0.262 e. The molecule has 0 aliphatic rings. The highest BCUT2D eigenvalue weighted by Gasteiger charge is 2.11. The molecule has 0 saturated heterocycles. The lowest BCUT2D eigenvalue weighted by atomic mass is 10.2. The highest BCUT2D eigenvalue weighted by atomic mass is 35.5. The fraction of sp³-hybridized carbons (Fsp3) is 0.176. The minimum absolute atomic E-state index is 0.227. The summed E-state index contributed by atoms with van der Waals surface area (Å²) in [7, 11) is 0. The quantitative estimate of drug-likeness (QED) is 0.840. The summed E-state index contributed by atoms with van der Waals surface area (Å²) in [6, 6.07) is 10.1. The van der Waals surface area contributed by atoms with Crippen LogP contribution >= 0.6 is 11.6 Å². The van der Waals surface area contributed by atoms with Crippen molar-refractivity contribution in [3.8, 4) is 5.75 Å². The maximum atomic E-state index is 13.0. The van der Waals surface area contributed by atoms with Gasteiger partial charge in [0, 0.05) is 18.3 Å². The van der Waals surface area contributed by atoms with Crippen molar-refractivity contribution in [2.45, 2.75) is 6.92 Å². The van der Waals surface area contributed by atoms with Crippen molar-refractivity contribution in [3.63, 3.8) is 0 Å². The van der Waals surface area contributed by atoms with E-state index >= 15 is 0 Å². The van der Waals surface area contributed by atoms with Crippen LogP contribution in [0.15, 0.2) is 42.5 Å². The van der Waals surface area contributed by atoms with Gasteiger partial charge >= 0.3 is 0 Å². The topological polar surface area (TPSA) is 67.4 Å². The van der Waals surface area contributed by atoms with Gasteiger partial charge in [-0.15, -0.1) is 0 Å². The van der Waals surface area contributed by atoms with Crippen molar-refractivity contribution in [3.05, 3.63) is 58.9 Å². The number of ether oxygens (including phenoxy) is 1. The number of hydrogen-bond donors (Lipinski definition) is 2. The molecule has 2 aromatic carbocycles. The van der Waals surface area contributed by atoms with E-state index in [0.29, 0.717) is 17.8 Å². The molecule has 2 aromatic rings. The number of halogens is 2. The molecular weight excluding hydrogens is 335 g/mol. The summed E-state index contributed by atoms with van der Waals surface area (Å²) in [6.45, 7) is 2.02. The first-order valence-corrected chi connectivity index (χ1v) is 7.63. The van der Waals surface area contributed by atoms with Gasteiger partial charge in [-0.1, -0.05) is 17.7 Å². The molecule has 24 heavy (non-hydrogen) atoms. The summed E-state index contributed by atoms with van der Waals surface area (Å²) < 4.78 is 18.2. The summed E-state index contributed by atoms with van der Waals surface area (Å²) >= 11 is 6.05. The second-order valence-electron chi connectivity index (χ2n) is 4.85. The second kappa shape index (κ2) is 8.31. The van der Waals surface area contributed by atoms with E-state index in [2.05, 4.69) is 10.6 Å². The molecule has 0 aromatic heterocycles. The lowest BCUT2D eigenvalue weighted by molar-refractivity contribution is -0.118. The largest absolute Gasteiger partial charge is 0.484 e. The molecule has 126 valence electrons. The van der Waals surface area contributed by atoms with Gasteiger partial charge in [-0.25, -0.2) is 4.39 Å². The molecule has 0 atom stereocenters. The Morgan fingerprint density at radius 1 is 1.21 bits per heavy atom. The molecule has 0 saturated carbocycles. The third-order valence-corrected chi connectivity index (χ3v) is 3.31. The zero-order valence-corrected chi connectivity index (χ0v) is 13.7. The molecule has 2 rings (SSSR count). The van der Waals surface area contributed by atoms with Gasteiger partial charge < -0.3 is 15.4 Å². The van der Waals surface area contributed by atoms with Gasteiger partial charge in [-0.05, 0) is 37.3 Å². The number of rotatable bonds is 6. The molecule has 0 unspecified atom stereocenters. The molecule has 2 N–H and O–H groups in total. The van der Waals surface area contributed by atoms with E-state index in [4.69, 9.17) is 16.3 Å². The SMILES string of the molecule is CCNC(=O)c1ccc(NC(=O)COc2cccc(F)c2)cc1Cl. The first-order chi connectivity index (χ1) is 11.5. The Bertz CT molecular complexity index is 752. The number of nitrogens with one attached hydrogen (secondary N) is 2. The van der Waals surface area contributed by atoms with Crippen LogP contribution in [0.1, 0.15) is 17.3 Å². The normalized spacial score (nSPS) is 10.1. The molecule has 0 aliphatic carbocycles.